The number of para-hydroxylation sites is 1. The first-order valence-electron chi connectivity index (χ1n) is 8.76. The van der Waals surface area contributed by atoms with Crippen LogP contribution < -0.4 is 9.64 Å². The summed E-state index contributed by atoms with van der Waals surface area (Å²) in [6, 6.07) is 8.87. The largest absolute Gasteiger partial charge is 0.494 e. The molecule has 0 fully saturated rings. The lowest BCUT2D eigenvalue weighted by atomic mass is 10.1. The van der Waals surface area contributed by atoms with Crippen molar-refractivity contribution in [2.24, 2.45) is 0 Å². The van der Waals surface area contributed by atoms with Gasteiger partial charge in [0.2, 0.25) is 0 Å². The summed E-state index contributed by atoms with van der Waals surface area (Å²) >= 11 is 1.28. The lowest BCUT2D eigenvalue weighted by molar-refractivity contribution is 0.0978. The van der Waals surface area contributed by atoms with Gasteiger partial charge in [0, 0.05) is 6.54 Å². The Morgan fingerprint density at radius 2 is 1.79 bits per heavy atom. The van der Waals surface area contributed by atoms with Crippen molar-refractivity contribution in [3.05, 3.63) is 53.6 Å². The summed E-state index contributed by atoms with van der Waals surface area (Å²) in [5.74, 6) is -1.94. The van der Waals surface area contributed by atoms with Crippen molar-refractivity contribution in [3.8, 4) is 5.75 Å². The van der Waals surface area contributed by atoms with E-state index in [1.54, 1.807) is 13.2 Å². The van der Waals surface area contributed by atoms with Gasteiger partial charge in [-0.25, -0.2) is 13.8 Å². The van der Waals surface area contributed by atoms with Gasteiger partial charge in [-0.2, -0.15) is 0 Å². The number of carbonyl (C=O) groups excluding carboxylic acids is 1. The smallest absolute Gasteiger partial charge is 0.266 e. The van der Waals surface area contributed by atoms with E-state index in [0.29, 0.717) is 22.8 Å². The third-order valence-corrected chi connectivity index (χ3v) is 5.27. The molecule has 8 heteroatoms. The molecule has 0 unspecified atom stereocenters. The number of nitrogens with zero attached hydrogens (tertiary/aromatic N) is 3. The molecule has 0 saturated carbocycles. The van der Waals surface area contributed by atoms with E-state index in [1.165, 1.54) is 22.3 Å². The zero-order chi connectivity index (χ0) is 20.3. The van der Waals surface area contributed by atoms with Crippen LogP contribution in [0.3, 0.4) is 0 Å². The van der Waals surface area contributed by atoms with Gasteiger partial charge in [-0.1, -0.05) is 23.5 Å². The highest BCUT2D eigenvalue weighted by atomic mass is 32.1. The molecule has 0 aliphatic carbocycles. The van der Waals surface area contributed by atoms with Crippen molar-refractivity contribution >= 4 is 32.6 Å². The van der Waals surface area contributed by atoms with E-state index >= 15 is 0 Å². The molecule has 3 aromatic rings. The number of rotatable bonds is 7. The fourth-order valence-corrected chi connectivity index (χ4v) is 3.87. The van der Waals surface area contributed by atoms with Gasteiger partial charge in [0.05, 0.1) is 11.8 Å². The lowest BCUT2D eigenvalue weighted by Crippen LogP contribution is -2.34. The van der Waals surface area contributed by atoms with Gasteiger partial charge in [0.25, 0.3) is 5.91 Å². The highest BCUT2D eigenvalue weighted by Gasteiger charge is 2.26. The summed E-state index contributed by atoms with van der Waals surface area (Å²) in [6.07, 6.45) is 0.627. The molecule has 0 spiro atoms. The van der Waals surface area contributed by atoms with E-state index in [4.69, 9.17) is 4.74 Å². The summed E-state index contributed by atoms with van der Waals surface area (Å²) in [6.45, 7) is 1.00. The molecule has 2 aromatic carbocycles. The Labute approximate surface area is 166 Å². The van der Waals surface area contributed by atoms with Gasteiger partial charge in [-0.05, 0) is 51.3 Å². The number of methoxy groups -OCH3 is 1. The van der Waals surface area contributed by atoms with Crippen molar-refractivity contribution in [3.63, 3.8) is 0 Å². The van der Waals surface area contributed by atoms with Crippen LogP contribution in [0.4, 0.5) is 13.9 Å². The van der Waals surface area contributed by atoms with Crippen molar-refractivity contribution < 1.29 is 18.3 Å². The second-order valence-corrected chi connectivity index (χ2v) is 7.52. The number of thiazole rings is 1. The van der Waals surface area contributed by atoms with E-state index in [2.05, 4.69) is 4.98 Å². The third kappa shape index (κ3) is 4.13. The minimum absolute atomic E-state index is 0.285. The van der Waals surface area contributed by atoms with Gasteiger partial charge in [-0.3, -0.25) is 9.69 Å². The maximum atomic E-state index is 14.2. The molecule has 0 atom stereocenters. The minimum atomic E-state index is -0.888. The van der Waals surface area contributed by atoms with E-state index in [0.717, 1.165) is 23.4 Å². The number of anilines is 1. The van der Waals surface area contributed by atoms with Gasteiger partial charge in [-0.15, -0.1) is 0 Å². The Morgan fingerprint density at radius 1 is 1.11 bits per heavy atom. The molecule has 5 nitrogen and oxygen atoms in total. The van der Waals surface area contributed by atoms with E-state index < -0.39 is 23.1 Å². The van der Waals surface area contributed by atoms with E-state index in [1.807, 2.05) is 31.1 Å². The molecule has 28 heavy (non-hydrogen) atoms. The second kappa shape index (κ2) is 8.62. The zero-order valence-electron chi connectivity index (χ0n) is 15.9. The zero-order valence-corrected chi connectivity index (χ0v) is 16.7. The summed E-state index contributed by atoms with van der Waals surface area (Å²) in [4.78, 5) is 20.9. The molecule has 148 valence electrons. The van der Waals surface area contributed by atoms with Crippen LogP contribution in [-0.4, -0.2) is 50.1 Å². The van der Waals surface area contributed by atoms with E-state index in [9.17, 15) is 13.6 Å². The Hall–Kier alpha value is -2.58. The minimum Gasteiger partial charge on any atom is -0.494 e. The topological polar surface area (TPSA) is 45.7 Å². The molecule has 0 N–H and O–H groups in total. The molecule has 3 rings (SSSR count). The van der Waals surface area contributed by atoms with Gasteiger partial charge in [0.1, 0.15) is 28.5 Å². The van der Waals surface area contributed by atoms with Crippen LogP contribution in [0, 0.1) is 11.6 Å². The number of amides is 1. The lowest BCUT2D eigenvalue weighted by Gasteiger charge is -2.21. The summed E-state index contributed by atoms with van der Waals surface area (Å²) in [5, 5.41) is 0.380. The molecule has 0 radical (unpaired) electrons. The first-order chi connectivity index (χ1) is 13.4. The SMILES string of the molecule is COc1cccc2sc(N(CCCN(C)C)C(=O)c3c(F)cccc3F)nc12. The summed E-state index contributed by atoms with van der Waals surface area (Å²) < 4.78 is 34.6. The van der Waals surface area contributed by atoms with Crippen LogP contribution in [0.5, 0.6) is 5.75 Å². The first-order valence-corrected chi connectivity index (χ1v) is 9.58. The molecule has 1 heterocycles. The maximum absolute atomic E-state index is 14.2. The van der Waals surface area contributed by atoms with Crippen LogP contribution in [0.1, 0.15) is 16.8 Å². The van der Waals surface area contributed by atoms with Crippen molar-refractivity contribution in [2.45, 2.75) is 6.42 Å². The molecule has 0 aliphatic heterocycles. The maximum Gasteiger partial charge on any atom is 0.266 e. The number of ether oxygens (including phenoxy) is 1. The number of carbonyl (C=O) groups is 1. The Bertz CT molecular complexity index is 970. The Kier molecular flexibility index (Phi) is 6.21. The molecule has 0 bridgehead atoms. The quantitative estimate of drug-likeness (QED) is 0.592. The number of aromatic nitrogens is 1. The highest BCUT2D eigenvalue weighted by Crippen LogP contribution is 2.35. The van der Waals surface area contributed by atoms with Gasteiger partial charge < -0.3 is 9.64 Å². The van der Waals surface area contributed by atoms with Crippen LogP contribution in [0.15, 0.2) is 36.4 Å². The summed E-state index contributed by atoms with van der Waals surface area (Å²) in [7, 11) is 5.39. The van der Waals surface area contributed by atoms with Crippen LogP contribution >= 0.6 is 11.3 Å². The van der Waals surface area contributed by atoms with Crippen molar-refractivity contribution in [2.75, 3.05) is 39.2 Å². The second-order valence-electron chi connectivity index (χ2n) is 6.51. The third-order valence-electron chi connectivity index (χ3n) is 4.23. The molecule has 0 aliphatic rings. The van der Waals surface area contributed by atoms with Gasteiger partial charge >= 0.3 is 0 Å². The fraction of sp³-hybridized carbons (Fsp3) is 0.300. The fourth-order valence-electron chi connectivity index (χ4n) is 2.86. The number of hydrogen-bond donors (Lipinski definition) is 0. The molecule has 0 saturated heterocycles. The number of halogens is 2. The molecular formula is C20H21F2N3O2S. The predicted octanol–water partition coefficient (Wildman–Crippen LogP) is 4.18. The normalized spacial score (nSPS) is 11.2. The van der Waals surface area contributed by atoms with E-state index in [-0.39, 0.29) is 6.54 Å². The molecule has 1 amide bonds. The van der Waals surface area contributed by atoms with Gasteiger partial charge in [0.15, 0.2) is 5.13 Å². The average Bonchev–Trinajstić information content (AvgIpc) is 3.08. The first kappa shape index (κ1) is 20.2. The number of fused-ring (bicyclic) bond motifs is 1. The molecule has 1 aromatic heterocycles. The van der Waals surface area contributed by atoms with Crippen LogP contribution in [0.2, 0.25) is 0 Å². The molecular weight excluding hydrogens is 384 g/mol. The highest BCUT2D eigenvalue weighted by molar-refractivity contribution is 7.22. The average molecular weight is 405 g/mol. The van der Waals surface area contributed by atoms with Crippen molar-refractivity contribution in [1.29, 1.82) is 0 Å². The monoisotopic (exact) mass is 405 g/mol. The van der Waals surface area contributed by atoms with Crippen LogP contribution in [-0.2, 0) is 0 Å². The standard InChI is InChI=1S/C20H21F2N3O2S/c1-24(2)11-6-12-25(19(26)17-13(21)7-4-8-14(17)22)20-23-18-15(27-3)9-5-10-16(18)28-20/h4-5,7-10H,6,11-12H2,1-3H3. The Balaban J connectivity index is 2.03. The van der Waals surface area contributed by atoms with Crippen molar-refractivity contribution in [1.82, 2.24) is 9.88 Å². The Morgan fingerprint density at radius 3 is 2.43 bits per heavy atom. The number of hydrogen-bond acceptors (Lipinski definition) is 5. The van der Waals surface area contributed by atoms with Crippen LogP contribution in [0.25, 0.3) is 10.2 Å². The number of benzene rings is 2. The predicted molar refractivity (Wildman–Crippen MR) is 107 cm³/mol. The summed E-state index contributed by atoms with van der Waals surface area (Å²) in [5.41, 5.74) is 0.0444.